The number of likely N-dealkylation sites (N-methyl/N-ethyl adjacent to an activating group) is 1. The van der Waals surface area contributed by atoms with Gasteiger partial charge in [0.1, 0.15) is 11.6 Å². The number of amides is 2. The van der Waals surface area contributed by atoms with Crippen molar-refractivity contribution in [2.45, 2.75) is 51.8 Å². The first-order valence-corrected chi connectivity index (χ1v) is 15.1. The number of hydrogen-bond donors (Lipinski definition) is 3. The average molecular weight is 615 g/mol. The van der Waals surface area contributed by atoms with Crippen LogP contribution in [0.25, 0.3) is 0 Å². The van der Waals surface area contributed by atoms with Crippen molar-refractivity contribution in [1.29, 1.82) is 0 Å². The minimum absolute atomic E-state index is 0.0115. The topological polar surface area (TPSA) is 94.6 Å². The van der Waals surface area contributed by atoms with Crippen molar-refractivity contribution >= 4 is 11.8 Å². The molecule has 0 spiro atoms. The van der Waals surface area contributed by atoms with Gasteiger partial charge >= 0.3 is 0 Å². The molecule has 0 radical (unpaired) electrons. The fourth-order valence-corrected chi connectivity index (χ4v) is 5.17. The number of rotatable bonds is 14. The maximum Gasteiger partial charge on any atom is 0.253 e. The Labute approximate surface area is 263 Å². The van der Waals surface area contributed by atoms with Crippen molar-refractivity contribution in [1.82, 2.24) is 20.5 Å². The van der Waals surface area contributed by atoms with E-state index in [1.807, 2.05) is 36.4 Å². The summed E-state index contributed by atoms with van der Waals surface area (Å²) < 4.78 is 28.0. The van der Waals surface area contributed by atoms with Gasteiger partial charge in [-0.3, -0.25) is 14.6 Å². The fourth-order valence-electron chi connectivity index (χ4n) is 5.17. The number of pyridine rings is 1. The highest BCUT2D eigenvalue weighted by Gasteiger charge is 2.24. The van der Waals surface area contributed by atoms with E-state index in [0.717, 1.165) is 23.7 Å². The van der Waals surface area contributed by atoms with E-state index in [2.05, 4.69) is 28.6 Å². The van der Waals surface area contributed by atoms with E-state index in [1.165, 1.54) is 23.8 Å². The van der Waals surface area contributed by atoms with Gasteiger partial charge in [0.05, 0.1) is 12.1 Å². The van der Waals surface area contributed by atoms with Gasteiger partial charge in [-0.1, -0.05) is 37.3 Å². The van der Waals surface area contributed by atoms with Crippen LogP contribution in [0.4, 0.5) is 8.78 Å². The van der Waals surface area contributed by atoms with Crippen molar-refractivity contribution in [3.05, 3.63) is 136 Å². The maximum absolute atomic E-state index is 14.0. The molecule has 0 aliphatic rings. The minimum Gasteiger partial charge on any atom is -0.390 e. The van der Waals surface area contributed by atoms with Crippen molar-refractivity contribution in [2.24, 2.45) is 0 Å². The van der Waals surface area contributed by atoms with Crippen LogP contribution in [-0.4, -0.2) is 59.1 Å². The maximum atomic E-state index is 14.0. The van der Waals surface area contributed by atoms with Gasteiger partial charge in [-0.25, -0.2) is 8.78 Å². The molecule has 0 fully saturated rings. The van der Waals surface area contributed by atoms with Crippen LogP contribution < -0.4 is 10.6 Å². The predicted octanol–water partition coefficient (Wildman–Crippen LogP) is 5.04. The van der Waals surface area contributed by atoms with E-state index in [0.29, 0.717) is 36.2 Å². The summed E-state index contributed by atoms with van der Waals surface area (Å²) in [4.78, 5) is 32.7. The number of benzene rings is 3. The number of hydrogen-bond acceptors (Lipinski definition) is 5. The number of aryl methyl sites for hydroxylation is 2. The molecule has 7 nitrogen and oxygen atoms in total. The monoisotopic (exact) mass is 614 g/mol. The van der Waals surface area contributed by atoms with Crippen LogP contribution in [0, 0.1) is 18.6 Å². The van der Waals surface area contributed by atoms with Crippen molar-refractivity contribution in [2.75, 3.05) is 20.1 Å². The van der Waals surface area contributed by atoms with Crippen molar-refractivity contribution < 1.29 is 23.5 Å². The Morgan fingerprint density at radius 3 is 2.36 bits per heavy atom. The van der Waals surface area contributed by atoms with Gasteiger partial charge < -0.3 is 20.6 Å². The molecule has 236 valence electrons. The first-order valence-electron chi connectivity index (χ1n) is 15.1. The molecule has 1 heterocycles. The first kappa shape index (κ1) is 33.4. The lowest BCUT2D eigenvalue weighted by atomic mass is 9.99. The predicted molar refractivity (Wildman–Crippen MR) is 171 cm³/mol. The Hall–Kier alpha value is -4.47. The molecule has 2 atom stereocenters. The lowest BCUT2D eigenvalue weighted by Crippen LogP contribution is -2.48. The van der Waals surface area contributed by atoms with E-state index in [-0.39, 0.29) is 24.4 Å². The third-order valence-electron chi connectivity index (χ3n) is 7.60. The van der Waals surface area contributed by atoms with Crippen LogP contribution in [0.15, 0.2) is 85.1 Å². The molecule has 0 aliphatic carbocycles. The summed E-state index contributed by atoms with van der Waals surface area (Å²) in [6.07, 6.45) is 2.10. The number of carbonyl (C=O) groups excluding carboxylic acids is 2. The van der Waals surface area contributed by atoms with E-state index < -0.39 is 29.7 Å². The van der Waals surface area contributed by atoms with Gasteiger partial charge in [0.25, 0.3) is 11.8 Å². The smallest absolute Gasteiger partial charge is 0.253 e. The number of nitrogens with zero attached hydrogens (tertiary/aromatic N) is 2. The lowest BCUT2D eigenvalue weighted by molar-refractivity contribution is 0.0796. The highest BCUT2D eigenvalue weighted by Crippen LogP contribution is 2.16. The average Bonchev–Trinajstić information content (AvgIpc) is 3.02. The number of halogens is 2. The number of nitrogens with one attached hydrogen (secondary N) is 2. The third kappa shape index (κ3) is 10.0. The molecule has 0 unspecified atom stereocenters. The van der Waals surface area contributed by atoms with Crippen molar-refractivity contribution in [3.63, 3.8) is 0 Å². The highest BCUT2D eigenvalue weighted by atomic mass is 19.1. The van der Waals surface area contributed by atoms with Crippen molar-refractivity contribution in [3.8, 4) is 0 Å². The Bertz CT molecular complexity index is 1580. The lowest BCUT2D eigenvalue weighted by Gasteiger charge is -2.25. The van der Waals surface area contributed by atoms with Gasteiger partial charge in [-0.15, -0.1) is 0 Å². The Balaban J connectivity index is 1.47. The van der Waals surface area contributed by atoms with Gasteiger partial charge in [0, 0.05) is 62.2 Å². The van der Waals surface area contributed by atoms with Crippen LogP contribution in [0.2, 0.25) is 0 Å². The van der Waals surface area contributed by atoms with Gasteiger partial charge in [-0.05, 0) is 84.5 Å². The molecule has 1 aromatic heterocycles. The Kier molecular flexibility index (Phi) is 11.9. The van der Waals surface area contributed by atoms with E-state index in [9.17, 15) is 23.5 Å². The van der Waals surface area contributed by atoms with Crippen LogP contribution in [0.3, 0.4) is 0 Å². The minimum atomic E-state index is -1.08. The number of carbonyl (C=O) groups is 2. The summed E-state index contributed by atoms with van der Waals surface area (Å²) in [5, 5.41) is 17.2. The molecule has 9 heteroatoms. The summed E-state index contributed by atoms with van der Waals surface area (Å²) in [6.45, 7) is 4.93. The molecule has 0 bridgehead atoms. The zero-order valence-corrected chi connectivity index (χ0v) is 25.9. The molecule has 0 aliphatic heterocycles. The molecular formula is C36H40F2N4O3. The van der Waals surface area contributed by atoms with Crippen LogP contribution in [-0.2, 0) is 25.8 Å². The third-order valence-corrected chi connectivity index (χ3v) is 7.60. The second kappa shape index (κ2) is 16.0. The number of aliphatic hydroxyl groups is 1. The van der Waals surface area contributed by atoms with Crippen LogP contribution in [0.5, 0.6) is 0 Å². The van der Waals surface area contributed by atoms with Crippen LogP contribution in [0.1, 0.15) is 55.6 Å². The largest absolute Gasteiger partial charge is 0.390 e. The van der Waals surface area contributed by atoms with E-state index in [4.69, 9.17) is 0 Å². The summed E-state index contributed by atoms with van der Waals surface area (Å²) in [5.41, 5.74) is 4.71. The summed E-state index contributed by atoms with van der Waals surface area (Å²) in [7, 11) is 1.70. The summed E-state index contributed by atoms with van der Waals surface area (Å²) in [5.74, 6) is -2.24. The molecule has 4 aromatic rings. The molecular weight excluding hydrogens is 574 g/mol. The van der Waals surface area contributed by atoms with E-state index >= 15 is 0 Å². The first-order chi connectivity index (χ1) is 21.6. The Morgan fingerprint density at radius 1 is 0.911 bits per heavy atom. The highest BCUT2D eigenvalue weighted by molar-refractivity contribution is 6.00. The standard InChI is InChI=1S/C36H40F2N4O3/c1-4-25-8-7-9-26(16-25)22-39-23-34(43)33(19-27-17-30(37)21-31(38)18-27)41-35(44)28-14-24(2)15-29(20-28)36(45)42(3)13-11-32-10-5-6-12-40-32/h5-10,12,14-18,20-21,33-34,39,43H,4,11,13,19,22-23H2,1-3H3,(H,41,44)/t33-,34+/m0/s1. The van der Waals surface area contributed by atoms with Gasteiger partial charge in [0.15, 0.2) is 0 Å². The molecule has 0 saturated heterocycles. The summed E-state index contributed by atoms with van der Waals surface area (Å²) >= 11 is 0. The van der Waals surface area contributed by atoms with E-state index in [1.54, 1.807) is 37.2 Å². The second-order valence-electron chi connectivity index (χ2n) is 11.3. The van der Waals surface area contributed by atoms with Gasteiger partial charge in [0.2, 0.25) is 0 Å². The second-order valence-corrected chi connectivity index (χ2v) is 11.3. The molecule has 3 N–H and O–H groups in total. The normalized spacial score (nSPS) is 12.4. The number of aliphatic hydroxyl groups excluding tert-OH is 1. The molecule has 2 amide bonds. The quantitative estimate of drug-likeness (QED) is 0.185. The zero-order valence-electron chi connectivity index (χ0n) is 25.9. The number of aromatic nitrogens is 1. The zero-order chi connectivity index (χ0) is 32.3. The van der Waals surface area contributed by atoms with Gasteiger partial charge in [-0.2, -0.15) is 0 Å². The molecule has 3 aromatic carbocycles. The Morgan fingerprint density at radius 2 is 1.64 bits per heavy atom. The molecule has 0 saturated carbocycles. The molecule has 4 rings (SSSR count). The fraction of sp³-hybridized carbons (Fsp3) is 0.306. The molecule has 45 heavy (non-hydrogen) atoms. The summed E-state index contributed by atoms with van der Waals surface area (Å²) in [6, 6.07) is 20.9. The SMILES string of the molecule is CCc1cccc(CNC[C@@H](O)[C@H](Cc2cc(F)cc(F)c2)NC(=O)c2cc(C)cc(C(=O)N(C)CCc3ccccn3)c2)c1. The van der Waals surface area contributed by atoms with Crippen LogP contribution >= 0.6 is 0 Å².